The van der Waals surface area contributed by atoms with E-state index in [0.29, 0.717) is 37.4 Å². The van der Waals surface area contributed by atoms with Gasteiger partial charge in [-0.05, 0) is 48.7 Å². The number of anilines is 1. The minimum atomic E-state index is -0.311. The molecule has 0 fully saturated rings. The van der Waals surface area contributed by atoms with Crippen LogP contribution in [0.25, 0.3) is 0 Å². The molecule has 1 atom stereocenters. The van der Waals surface area contributed by atoms with Crippen LogP contribution in [0.4, 0.5) is 10.5 Å². The highest BCUT2D eigenvalue weighted by Gasteiger charge is 2.32. The molecule has 0 aromatic heterocycles. The number of amides is 3. The summed E-state index contributed by atoms with van der Waals surface area (Å²) in [6, 6.07) is 11.0. The summed E-state index contributed by atoms with van der Waals surface area (Å²) in [5.41, 5.74) is 3.90. The first-order valence-corrected chi connectivity index (χ1v) is 10.1. The Balaban J connectivity index is 1.91. The van der Waals surface area contributed by atoms with Crippen LogP contribution < -0.4 is 20.1 Å². The Kier molecular flexibility index (Phi) is 6.82. The maximum Gasteiger partial charge on any atom is 0.322 e. The predicted octanol–water partition coefficient (Wildman–Crippen LogP) is 3.67. The Hall–Kier alpha value is -3.22. The van der Waals surface area contributed by atoms with Gasteiger partial charge in [0.25, 0.3) is 0 Å². The summed E-state index contributed by atoms with van der Waals surface area (Å²) in [5, 5.41) is 5.90. The summed E-state index contributed by atoms with van der Waals surface area (Å²) in [5.74, 6) is 1.20. The van der Waals surface area contributed by atoms with Gasteiger partial charge in [0.05, 0.1) is 20.3 Å². The zero-order chi connectivity index (χ0) is 21.7. The van der Waals surface area contributed by atoms with Crippen molar-refractivity contribution in [3.63, 3.8) is 0 Å². The molecule has 0 unspecified atom stereocenters. The van der Waals surface area contributed by atoms with Crippen molar-refractivity contribution in [3.05, 3.63) is 53.1 Å². The zero-order valence-corrected chi connectivity index (χ0v) is 18.0. The fourth-order valence-electron chi connectivity index (χ4n) is 3.66. The Morgan fingerprint density at radius 3 is 2.40 bits per heavy atom. The van der Waals surface area contributed by atoms with E-state index in [0.717, 1.165) is 22.4 Å². The van der Waals surface area contributed by atoms with Gasteiger partial charge in [-0.2, -0.15) is 0 Å². The number of methoxy groups -OCH3 is 2. The van der Waals surface area contributed by atoms with E-state index in [1.54, 1.807) is 26.0 Å². The molecule has 0 bridgehead atoms. The summed E-state index contributed by atoms with van der Waals surface area (Å²) >= 11 is 0. The lowest BCUT2D eigenvalue weighted by Gasteiger charge is -2.38. The van der Waals surface area contributed by atoms with Crippen LogP contribution in [-0.2, 0) is 11.2 Å². The van der Waals surface area contributed by atoms with Crippen molar-refractivity contribution in [1.82, 2.24) is 10.2 Å². The molecule has 3 rings (SSSR count). The second kappa shape index (κ2) is 9.52. The van der Waals surface area contributed by atoms with E-state index in [1.165, 1.54) is 0 Å². The van der Waals surface area contributed by atoms with Crippen molar-refractivity contribution in [2.24, 2.45) is 0 Å². The summed E-state index contributed by atoms with van der Waals surface area (Å²) < 4.78 is 10.9. The van der Waals surface area contributed by atoms with Crippen LogP contribution in [0.15, 0.2) is 36.4 Å². The van der Waals surface area contributed by atoms with Gasteiger partial charge in [-0.1, -0.05) is 24.6 Å². The molecule has 0 aliphatic carbocycles. The fraction of sp³-hybridized carbons (Fsp3) is 0.391. The molecule has 0 saturated heterocycles. The van der Waals surface area contributed by atoms with E-state index >= 15 is 0 Å². The molecule has 0 radical (unpaired) electrons. The monoisotopic (exact) mass is 411 g/mol. The molecule has 7 nitrogen and oxygen atoms in total. The van der Waals surface area contributed by atoms with E-state index in [-0.39, 0.29) is 18.0 Å². The molecule has 2 aromatic carbocycles. The van der Waals surface area contributed by atoms with E-state index in [9.17, 15) is 9.59 Å². The molecule has 1 aliphatic heterocycles. The van der Waals surface area contributed by atoms with Crippen LogP contribution in [0.1, 0.15) is 36.1 Å². The minimum Gasteiger partial charge on any atom is -0.493 e. The molecule has 3 amide bonds. The predicted molar refractivity (Wildman–Crippen MR) is 116 cm³/mol. The SMILES string of the molecule is CCC(=O)NC[C@@H]1c2cc(OC)c(OC)cc2CCN1C(=O)Nc1ccc(C)cc1. The average Bonchev–Trinajstić information content (AvgIpc) is 2.77. The first-order chi connectivity index (χ1) is 14.5. The number of nitrogens with zero attached hydrogens (tertiary/aromatic N) is 1. The summed E-state index contributed by atoms with van der Waals surface area (Å²) in [7, 11) is 3.19. The van der Waals surface area contributed by atoms with Crippen molar-refractivity contribution in [3.8, 4) is 11.5 Å². The Bertz CT molecular complexity index is 911. The zero-order valence-electron chi connectivity index (χ0n) is 18.0. The molecular weight excluding hydrogens is 382 g/mol. The van der Waals surface area contributed by atoms with Crippen molar-refractivity contribution >= 4 is 17.6 Å². The normalized spacial score (nSPS) is 15.2. The molecular formula is C23H29N3O4. The standard InChI is InChI=1S/C23H29N3O4/c1-5-22(27)24-14-19-18-13-21(30-4)20(29-3)12-16(18)10-11-26(19)23(28)25-17-8-6-15(2)7-9-17/h6-9,12-13,19H,5,10-11,14H2,1-4H3,(H,24,27)(H,25,28)/t19-/m1/s1. The first-order valence-electron chi connectivity index (χ1n) is 10.1. The highest BCUT2D eigenvalue weighted by Crippen LogP contribution is 2.38. The third kappa shape index (κ3) is 4.67. The number of carbonyl (C=O) groups is 2. The van der Waals surface area contributed by atoms with Crippen LogP contribution in [0.3, 0.4) is 0 Å². The second-order valence-corrected chi connectivity index (χ2v) is 7.32. The maximum atomic E-state index is 13.1. The van der Waals surface area contributed by atoms with Crippen LogP contribution in [0, 0.1) is 6.92 Å². The number of ether oxygens (including phenoxy) is 2. The summed E-state index contributed by atoms with van der Waals surface area (Å²) in [6.07, 6.45) is 1.08. The number of carbonyl (C=O) groups excluding carboxylic acids is 2. The van der Waals surface area contributed by atoms with Crippen LogP contribution in [0.2, 0.25) is 0 Å². The number of urea groups is 1. The maximum absolute atomic E-state index is 13.1. The number of nitrogens with one attached hydrogen (secondary N) is 2. The van der Waals surface area contributed by atoms with Gasteiger partial charge < -0.3 is 25.0 Å². The molecule has 7 heteroatoms. The number of fused-ring (bicyclic) bond motifs is 1. The average molecular weight is 412 g/mol. The molecule has 2 aromatic rings. The topological polar surface area (TPSA) is 79.9 Å². The fourth-order valence-corrected chi connectivity index (χ4v) is 3.66. The van der Waals surface area contributed by atoms with Crippen LogP contribution >= 0.6 is 0 Å². The summed E-state index contributed by atoms with van der Waals surface area (Å²) in [6.45, 7) is 4.67. The van der Waals surface area contributed by atoms with Gasteiger partial charge >= 0.3 is 6.03 Å². The van der Waals surface area contributed by atoms with Crippen LogP contribution in [-0.4, -0.2) is 44.1 Å². The van der Waals surface area contributed by atoms with Crippen molar-refractivity contribution in [2.45, 2.75) is 32.7 Å². The third-order valence-electron chi connectivity index (χ3n) is 5.38. The van der Waals surface area contributed by atoms with Crippen molar-refractivity contribution in [1.29, 1.82) is 0 Å². The van der Waals surface area contributed by atoms with Gasteiger partial charge in [-0.15, -0.1) is 0 Å². The Labute approximate surface area is 177 Å². The highest BCUT2D eigenvalue weighted by molar-refractivity contribution is 5.90. The van der Waals surface area contributed by atoms with Crippen molar-refractivity contribution < 1.29 is 19.1 Å². The largest absolute Gasteiger partial charge is 0.493 e. The summed E-state index contributed by atoms with van der Waals surface area (Å²) in [4.78, 5) is 26.8. The van der Waals surface area contributed by atoms with Gasteiger partial charge in [0.1, 0.15) is 0 Å². The van der Waals surface area contributed by atoms with E-state index in [1.807, 2.05) is 43.3 Å². The molecule has 0 saturated carbocycles. The van der Waals surface area contributed by atoms with E-state index < -0.39 is 0 Å². The first kappa shape index (κ1) is 21.5. The third-order valence-corrected chi connectivity index (χ3v) is 5.38. The number of hydrogen-bond donors (Lipinski definition) is 2. The molecule has 160 valence electrons. The highest BCUT2D eigenvalue weighted by atomic mass is 16.5. The lowest BCUT2D eigenvalue weighted by Crippen LogP contribution is -2.46. The quantitative estimate of drug-likeness (QED) is 0.760. The lowest BCUT2D eigenvalue weighted by molar-refractivity contribution is -0.121. The van der Waals surface area contributed by atoms with Crippen molar-refractivity contribution in [2.75, 3.05) is 32.6 Å². The Morgan fingerprint density at radius 2 is 1.77 bits per heavy atom. The van der Waals surface area contributed by atoms with Gasteiger partial charge in [0, 0.05) is 25.2 Å². The van der Waals surface area contributed by atoms with E-state index in [4.69, 9.17) is 9.47 Å². The number of benzene rings is 2. The van der Waals surface area contributed by atoms with Gasteiger partial charge in [-0.25, -0.2) is 4.79 Å². The molecule has 2 N–H and O–H groups in total. The molecule has 1 aliphatic rings. The van der Waals surface area contributed by atoms with Gasteiger partial charge in [0.2, 0.25) is 5.91 Å². The lowest BCUT2D eigenvalue weighted by atomic mass is 9.91. The van der Waals surface area contributed by atoms with E-state index in [2.05, 4.69) is 10.6 Å². The smallest absolute Gasteiger partial charge is 0.322 e. The molecule has 0 spiro atoms. The molecule has 30 heavy (non-hydrogen) atoms. The number of aryl methyl sites for hydroxylation is 1. The van der Waals surface area contributed by atoms with Gasteiger partial charge in [-0.3, -0.25) is 4.79 Å². The Morgan fingerprint density at radius 1 is 1.10 bits per heavy atom. The second-order valence-electron chi connectivity index (χ2n) is 7.32. The van der Waals surface area contributed by atoms with Gasteiger partial charge in [0.15, 0.2) is 11.5 Å². The number of hydrogen-bond acceptors (Lipinski definition) is 4. The molecule has 1 heterocycles. The number of rotatable bonds is 6. The minimum absolute atomic E-state index is 0.0542. The van der Waals surface area contributed by atoms with Crippen LogP contribution in [0.5, 0.6) is 11.5 Å².